The number of rotatable bonds is 4. The van der Waals surface area contributed by atoms with Gasteiger partial charge in [0, 0.05) is 44.6 Å². The van der Waals surface area contributed by atoms with E-state index in [-0.39, 0.29) is 42.2 Å². The third-order valence-corrected chi connectivity index (χ3v) is 4.45. The van der Waals surface area contributed by atoms with E-state index in [1.807, 2.05) is 30.3 Å². The molecule has 1 saturated heterocycles. The van der Waals surface area contributed by atoms with Gasteiger partial charge >= 0.3 is 0 Å². The van der Waals surface area contributed by atoms with Crippen LogP contribution < -0.4 is 15.5 Å². The minimum Gasteiger partial charge on any atom is -0.368 e. The van der Waals surface area contributed by atoms with Gasteiger partial charge in [-0.1, -0.05) is 18.2 Å². The largest absolute Gasteiger partial charge is 0.368 e. The fourth-order valence-electron chi connectivity index (χ4n) is 3.05. The molecule has 1 fully saturated rings. The number of nitrogens with one attached hydrogen (secondary N) is 2. The van der Waals surface area contributed by atoms with Crippen LogP contribution in [0.15, 0.2) is 59.6 Å². The van der Waals surface area contributed by atoms with Crippen LogP contribution in [0.5, 0.6) is 0 Å². The maximum atomic E-state index is 13.1. The average molecular weight is 497 g/mol. The first-order valence-corrected chi connectivity index (χ1v) is 8.97. The van der Waals surface area contributed by atoms with E-state index in [2.05, 4.69) is 25.4 Å². The average Bonchev–Trinajstić information content (AvgIpc) is 2.70. The lowest BCUT2D eigenvalue weighted by Gasteiger charge is -2.37. The van der Waals surface area contributed by atoms with Gasteiger partial charge in [0.2, 0.25) is 5.91 Å². The van der Waals surface area contributed by atoms with E-state index in [1.165, 1.54) is 12.1 Å². The van der Waals surface area contributed by atoms with Crippen molar-refractivity contribution in [2.45, 2.75) is 0 Å². The van der Waals surface area contributed by atoms with Gasteiger partial charge in [-0.25, -0.2) is 4.39 Å². The second kappa shape index (κ2) is 10.8. The van der Waals surface area contributed by atoms with Crippen molar-refractivity contribution < 1.29 is 9.18 Å². The highest BCUT2D eigenvalue weighted by Crippen LogP contribution is 2.16. The van der Waals surface area contributed by atoms with Gasteiger partial charge in [0.15, 0.2) is 5.96 Å². The van der Waals surface area contributed by atoms with Gasteiger partial charge in [-0.3, -0.25) is 9.79 Å². The van der Waals surface area contributed by atoms with Crippen molar-refractivity contribution in [3.63, 3.8) is 0 Å². The Bertz CT molecular complexity index is 777. The van der Waals surface area contributed by atoms with Crippen LogP contribution in [0.3, 0.4) is 0 Å². The molecule has 1 amide bonds. The number of aliphatic imine (C=N–C) groups is 1. The molecule has 2 N–H and O–H groups in total. The smallest absolute Gasteiger partial charge is 0.243 e. The number of para-hydroxylation sites is 1. The van der Waals surface area contributed by atoms with Crippen molar-refractivity contribution in [3.8, 4) is 0 Å². The van der Waals surface area contributed by atoms with Crippen molar-refractivity contribution in [2.24, 2.45) is 4.99 Å². The van der Waals surface area contributed by atoms with Gasteiger partial charge in [-0.15, -0.1) is 24.0 Å². The SMILES string of the molecule is CN=C(NCC(=O)Nc1ccccc1)N1CCN(c2ccc(F)cc2)CC1.I. The number of guanidine groups is 1. The summed E-state index contributed by atoms with van der Waals surface area (Å²) >= 11 is 0. The Morgan fingerprint density at radius 2 is 1.68 bits per heavy atom. The van der Waals surface area contributed by atoms with E-state index in [4.69, 9.17) is 0 Å². The fraction of sp³-hybridized carbons (Fsp3) is 0.300. The molecule has 1 aliphatic heterocycles. The third-order valence-electron chi connectivity index (χ3n) is 4.45. The number of amides is 1. The number of carbonyl (C=O) groups excluding carboxylic acids is 1. The zero-order chi connectivity index (χ0) is 19.1. The van der Waals surface area contributed by atoms with E-state index in [0.29, 0.717) is 5.96 Å². The van der Waals surface area contributed by atoms with Crippen molar-refractivity contribution >= 4 is 47.2 Å². The summed E-state index contributed by atoms with van der Waals surface area (Å²) in [5.74, 6) is 0.361. The van der Waals surface area contributed by atoms with Gasteiger partial charge < -0.3 is 20.4 Å². The number of hydrogen-bond acceptors (Lipinski definition) is 3. The summed E-state index contributed by atoms with van der Waals surface area (Å²) in [5, 5.41) is 5.96. The highest BCUT2D eigenvalue weighted by atomic mass is 127. The monoisotopic (exact) mass is 497 g/mol. The first-order valence-electron chi connectivity index (χ1n) is 8.97. The molecular formula is C20H25FIN5O. The molecule has 6 nitrogen and oxygen atoms in total. The lowest BCUT2D eigenvalue weighted by atomic mass is 10.2. The number of nitrogens with zero attached hydrogens (tertiary/aromatic N) is 3. The summed E-state index contributed by atoms with van der Waals surface area (Å²) in [7, 11) is 1.71. The standard InChI is InChI=1S/C20H24FN5O.HI/c1-22-20(23-15-19(27)24-17-5-3-2-4-6-17)26-13-11-25(12-14-26)18-9-7-16(21)8-10-18;/h2-10H,11-15H2,1H3,(H,22,23)(H,24,27);1H. The van der Waals surface area contributed by atoms with Crippen LogP contribution in [0, 0.1) is 5.82 Å². The van der Waals surface area contributed by atoms with Crippen LogP contribution in [-0.4, -0.2) is 56.5 Å². The Balaban J connectivity index is 0.00000280. The van der Waals surface area contributed by atoms with Crippen LogP contribution in [-0.2, 0) is 4.79 Å². The minimum atomic E-state index is -0.226. The molecule has 3 rings (SSSR count). The molecule has 0 aromatic heterocycles. The molecule has 0 aliphatic carbocycles. The summed E-state index contributed by atoms with van der Waals surface area (Å²) in [4.78, 5) is 20.7. The molecule has 1 aliphatic rings. The molecule has 28 heavy (non-hydrogen) atoms. The Morgan fingerprint density at radius 1 is 1.04 bits per heavy atom. The van der Waals surface area contributed by atoms with Crippen molar-refractivity contribution in [1.82, 2.24) is 10.2 Å². The lowest BCUT2D eigenvalue weighted by molar-refractivity contribution is -0.115. The van der Waals surface area contributed by atoms with Crippen LogP contribution >= 0.6 is 24.0 Å². The maximum Gasteiger partial charge on any atom is 0.243 e. The molecule has 2 aromatic rings. The third kappa shape index (κ3) is 6.08. The Labute approximate surface area is 181 Å². The van der Waals surface area contributed by atoms with Gasteiger partial charge in [0.25, 0.3) is 0 Å². The molecule has 0 radical (unpaired) electrons. The number of halogens is 2. The Morgan fingerprint density at radius 3 is 2.29 bits per heavy atom. The topological polar surface area (TPSA) is 60.0 Å². The molecule has 1 heterocycles. The number of piperazine rings is 1. The summed E-state index contributed by atoms with van der Waals surface area (Å²) < 4.78 is 13.1. The maximum absolute atomic E-state index is 13.1. The molecule has 150 valence electrons. The van der Waals surface area contributed by atoms with Gasteiger partial charge in [0.1, 0.15) is 5.82 Å². The highest BCUT2D eigenvalue weighted by Gasteiger charge is 2.20. The summed E-state index contributed by atoms with van der Waals surface area (Å²) in [5.41, 5.74) is 1.79. The highest BCUT2D eigenvalue weighted by molar-refractivity contribution is 14.0. The number of anilines is 2. The van der Waals surface area contributed by atoms with Gasteiger partial charge in [-0.2, -0.15) is 0 Å². The summed E-state index contributed by atoms with van der Waals surface area (Å²) in [6, 6.07) is 15.9. The second-order valence-corrected chi connectivity index (χ2v) is 6.27. The van der Waals surface area contributed by atoms with Crippen LogP contribution in [0.4, 0.5) is 15.8 Å². The molecule has 0 spiro atoms. The zero-order valence-corrected chi connectivity index (χ0v) is 18.1. The van der Waals surface area contributed by atoms with Gasteiger partial charge in [0.05, 0.1) is 6.54 Å². The number of benzene rings is 2. The molecule has 0 bridgehead atoms. The van der Waals surface area contributed by atoms with Crippen LogP contribution in [0.2, 0.25) is 0 Å². The molecule has 2 aromatic carbocycles. The van der Waals surface area contributed by atoms with Gasteiger partial charge in [-0.05, 0) is 36.4 Å². The number of hydrogen-bond donors (Lipinski definition) is 2. The minimum absolute atomic E-state index is 0. The zero-order valence-electron chi connectivity index (χ0n) is 15.8. The first-order chi connectivity index (χ1) is 13.2. The molecular weight excluding hydrogens is 472 g/mol. The van der Waals surface area contributed by atoms with Crippen molar-refractivity contribution in [3.05, 3.63) is 60.4 Å². The van der Waals surface area contributed by atoms with Crippen LogP contribution in [0.25, 0.3) is 0 Å². The van der Waals surface area contributed by atoms with Crippen molar-refractivity contribution in [1.29, 1.82) is 0 Å². The Hall–Kier alpha value is -2.36. The molecule has 0 saturated carbocycles. The first kappa shape index (κ1) is 21.9. The molecule has 8 heteroatoms. The quantitative estimate of drug-likeness (QED) is 0.388. The van der Waals surface area contributed by atoms with E-state index < -0.39 is 0 Å². The van der Waals surface area contributed by atoms with E-state index in [1.54, 1.807) is 19.2 Å². The van der Waals surface area contributed by atoms with Crippen molar-refractivity contribution in [2.75, 3.05) is 50.0 Å². The second-order valence-electron chi connectivity index (χ2n) is 6.27. The summed E-state index contributed by atoms with van der Waals surface area (Å²) in [6.07, 6.45) is 0. The van der Waals surface area contributed by atoms with E-state index in [0.717, 1.165) is 37.6 Å². The molecule has 0 atom stereocenters. The molecule has 0 unspecified atom stereocenters. The number of carbonyl (C=O) groups is 1. The normalized spacial score (nSPS) is 14.3. The summed E-state index contributed by atoms with van der Waals surface area (Å²) in [6.45, 7) is 3.32. The predicted molar refractivity (Wildman–Crippen MR) is 122 cm³/mol. The van der Waals surface area contributed by atoms with Crippen LogP contribution in [0.1, 0.15) is 0 Å². The predicted octanol–water partition coefficient (Wildman–Crippen LogP) is 2.78. The van der Waals surface area contributed by atoms with E-state index in [9.17, 15) is 9.18 Å². The fourth-order valence-corrected chi connectivity index (χ4v) is 3.05. The Kier molecular flexibility index (Phi) is 8.49. The van der Waals surface area contributed by atoms with E-state index >= 15 is 0 Å². The lowest BCUT2D eigenvalue weighted by Crippen LogP contribution is -2.53.